The van der Waals surface area contributed by atoms with E-state index in [0.29, 0.717) is 11.5 Å². The Balaban J connectivity index is 1.53. The monoisotopic (exact) mass is 472 g/mol. The first-order valence-corrected chi connectivity index (χ1v) is 12.6. The first-order valence-electron chi connectivity index (χ1n) is 11.8. The van der Waals surface area contributed by atoms with Crippen LogP contribution in [0, 0.1) is 6.92 Å². The number of aromatic nitrogens is 2. The number of likely N-dealkylation sites (tertiary alicyclic amines) is 1. The number of para-hydroxylation sites is 1. The molecule has 34 heavy (non-hydrogen) atoms. The van der Waals surface area contributed by atoms with Gasteiger partial charge < -0.3 is 9.64 Å². The Labute approximate surface area is 204 Å². The van der Waals surface area contributed by atoms with Gasteiger partial charge in [-0.15, -0.1) is 0 Å². The molecule has 0 unspecified atom stereocenters. The Kier molecular flexibility index (Phi) is 6.54. The van der Waals surface area contributed by atoms with Crippen LogP contribution in [0.1, 0.15) is 37.3 Å². The van der Waals surface area contributed by atoms with Gasteiger partial charge in [-0.05, 0) is 86.8 Å². The molecule has 1 fully saturated rings. The van der Waals surface area contributed by atoms with Crippen molar-refractivity contribution in [1.29, 1.82) is 0 Å². The van der Waals surface area contributed by atoms with Gasteiger partial charge >= 0.3 is 0 Å². The average Bonchev–Trinajstić information content (AvgIpc) is 3.44. The highest BCUT2D eigenvalue weighted by Gasteiger charge is 2.27. The summed E-state index contributed by atoms with van der Waals surface area (Å²) in [5.74, 6) is 0.666. The van der Waals surface area contributed by atoms with Crippen LogP contribution in [0.5, 0.6) is 5.75 Å². The van der Waals surface area contributed by atoms with Crippen molar-refractivity contribution < 1.29 is 9.53 Å². The maximum atomic E-state index is 12.8. The first kappa shape index (κ1) is 22.5. The van der Waals surface area contributed by atoms with Gasteiger partial charge in [0.25, 0.3) is 5.91 Å². The van der Waals surface area contributed by atoms with Crippen LogP contribution in [-0.4, -0.2) is 45.5 Å². The fourth-order valence-electron chi connectivity index (χ4n) is 4.33. The summed E-state index contributed by atoms with van der Waals surface area (Å²) >= 11 is 1.47. The summed E-state index contributed by atoms with van der Waals surface area (Å²) in [5.41, 5.74) is 4.77. The van der Waals surface area contributed by atoms with E-state index in [1.165, 1.54) is 18.2 Å². The summed E-state index contributed by atoms with van der Waals surface area (Å²) in [6.45, 7) is 6.59. The molecule has 1 aromatic heterocycles. The van der Waals surface area contributed by atoms with E-state index in [2.05, 4.69) is 16.8 Å². The number of piperidine rings is 1. The number of thioether (sulfide) groups is 1. The maximum Gasteiger partial charge on any atom is 0.286 e. The van der Waals surface area contributed by atoms with Crippen LogP contribution in [0.2, 0.25) is 0 Å². The van der Waals surface area contributed by atoms with E-state index in [0.717, 1.165) is 64.9 Å². The highest BCUT2D eigenvalue weighted by atomic mass is 32.2. The minimum Gasteiger partial charge on any atom is -0.494 e. The van der Waals surface area contributed by atoms with Crippen molar-refractivity contribution in [2.24, 2.45) is 4.99 Å². The van der Waals surface area contributed by atoms with Crippen molar-refractivity contribution in [1.82, 2.24) is 14.7 Å². The van der Waals surface area contributed by atoms with E-state index in [9.17, 15) is 4.79 Å². The normalized spacial score (nSPS) is 17.4. The Bertz CT molecular complexity index is 1260. The molecular formula is C27H28N4O2S. The fraction of sp³-hybridized carbons (Fsp3) is 0.296. The molecule has 5 rings (SSSR count). The molecule has 0 atom stereocenters. The van der Waals surface area contributed by atoms with Gasteiger partial charge in [-0.1, -0.05) is 18.2 Å². The molecule has 1 saturated heterocycles. The molecule has 1 amide bonds. The summed E-state index contributed by atoms with van der Waals surface area (Å²) < 4.78 is 7.54. The molecule has 0 N–H and O–H groups in total. The topological polar surface area (TPSA) is 59.7 Å². The van der Waals surface area contributed by atoms with Crippen molar-refractivity contribution >= 4 is 28.9 Å². The number of hydrogen-bond donors (Lipinski definition) is 0. The molecule has 2 aliphatic heterocycles. The Hall–Kier alpha value is -3.32. The van der Waals surface area contributed by atoms with Gasteiger partial charge in [0.2, 0.25) is 0 Å². The molecule has 2 aliphatic rings. The summed E-state index contributed by atoms with van der Waals surface area (Å²) in [5, 5.41) is 5.75. The lowest BCUT2D eigenvalue weighted by atomic mass is 10.0. The lowest BCUT2D eigenvalue weighted by Gasteiger charge is -2.27. The lowest BCUT2D eigenvalue weighted by molar-refractivity contribution is -0.113. The minimum atomic E-state index is -0.174. The van der Waals surface area contributed by atoms with Crippen molar-refractivity contribution in [3.63, 3.8) is 0 Å². The number of aliphatic imine (C=N–C) groups is 1. The zero-order valence-electron chi connectivity index (χ0n) is 19.5. The second kappa shape index (κ2) is 9.89. The molecule has 0 saturated carbocycles. The predicted octanol–water partition coefficient (Wildman–Crippen LogP) is 5.70. The number of carbonyl (C=O) groups is 1. The van der Waals surface area contributed by atoms with Crippen molar-refractivity contribution in [2.75, 3.05) is 19.7 Å². The van der Waals surface area contributed by atoms with Gasteiger partial charge in [0, 0.05) is 30.4 Å². The second-order valence-corrected chi connectivity index (χ2v) is 9.49. The number of nitrogens with zero attached hydrogens (tertiary/aromatic N) is 4. The highest BCUT2D eigenvalue weighted by Crippen LogP contribution is 2.35. The molecule has 0 spiro atoms. The van der Waals surface area contributed by atoms with E-state index < -0.39 is 0 Å². The molecule has 3 aromatic rings. The summed E-state index contributed by atoms with van der Waals surface area (Å²) in [6, 6.07) is 16.1. The number of amidine groups is 1. The summed E-state index contributed by atoms with van der Waals surface area (Å²) in [6.07, 6.45) is 7.47. The van der Waals surface area contributed by atoms with Crippen LogP contribution in [0.25, 0.3) is 23.0 Å². The van der Waals surface area contributed by atoms with E-state index >= 15 is 0 Å². The smallest absolute Gasteiger partial charge is 0.286 e. The molecular weight excluding hydrogens is 444 g/mol. The molecule has 0 aliphatic carbocycles. The Morgan fingerprint density at radius 1 is 1.09 bits per heavy atom. The van der Waals surface area contributed by atoms with Gasteiger partial charge in [0.15, 0.2) is 5.17 Å². The number of amides is 1. The van der Waals surface area contributed by atoms with Crippen LogP contribution in [0.15, 0.2) is 64.6 Å². The molecule has 7 heteroatoms. The maximum absolute atomic E-state index is 12.8. The van der Waals surface area contributed by atoms with Gasteiger partial charge in [0.05, 0.1) is 17.2 Å². The van der Waals surface area contributed by atoms with Crippen LogP contribution in [0.3, 0.4) is 0 Å². The standard InChI is InChI=1S/C27H28N4O2S/c1-3-33-22-12-13-23(19(2)16-22)25-20(18-31(29-25)21-10-6-4-7-11-21)17-24-26(32)28-27(34-24)30-14-8-5-9-15-30/h4,6-7,10-13,16-18H,3,5,8-9,14-15H2,1-2H3. The van der Waals surface area contributed by atoms with Crippen molar-refractivity contribution in [2.45, 2.75) is 33.1 Å². The lowest BCUT2D eigenvalue weighted by Crippen LogP contribution is -2.33. The SMILES string of the molecule is CCOc1ccc(-c2nn(-c3ccccc3)cc2C=C2SC(N3CCCCC3)=NC2=O)c(C)c1. The molecule has 0 radical (unpaired) electrons. The summed E-state index contributed by atoms with van der Waals surface area (Å²) in [7, 11) is 0. The average molecular weight is 473 g/mol. The van der Waals surface area contributed by atoms with Crippen molar-refractivity contribution in [3.8, 4) is 22.7 Å². The van der Waals surface area contributed by atoms with Crippen LogP contribution < -0.4 is 4.74 Å². The van der Waals surface area contributed by atoms with Gasteiger partial charge in [-0.3, -0.25) is 4.79 Å². The van der Waals surface area contributed by atoms with E-state index in [1.807, 2.05) is 72.4 Å². The minimum absolute atomic E-state index is 0.174. The zero-order chi connectivity index (χ0) is 23.5. The number of hydrogen-bond acceptors (Lipinski definition) is 5. The second-order valence-electron chi connectivity index (χ2n) is 8.48. The third-order valence-corrected chi connectivity index (χ3v) is 7.09. The van der Waals surface area contributed by atoms with Gasteiger partial charge in [-0.25, -0.2) is 4.68 Å². The molecule has 2 aromatic carbocycles. The summed E-state index contributed by atoms with van der Waals surface area (Å²) in [4.78, 5) is 20.0. The first-order chi connectivity index (χ1) is 16.6. The van der Waals surface area contributed by atoms with E-state index in [1.54, 1.807) is 0 Å². The van der Waals surface area contributed by atoms with E-state index in [4.69, 9.17) is 9.84 Å². The molecule has 3 heterocycles. The Morgan fingerprint density at radius 2 is 1.88 bits per heavy atom. The number of aryl methyl sites for hydroxylation is 1. The van der Waals surface area contributed by atoms with Gasteiger partial charge in [0.1, 0.15) is 11.4 Å². The fourth-order valence-corrected chi connectivity index (χ4v) is 5.29. The molecule has 174 valence electrons. The van der Waals surface area contributed by atoms with Crippen LogP contribution in [-0.2, 0) is 4.79 Å². The number of benzene rings is 2. The third kappa shape index (κ3) is 4.66. The highest BCUT2D eigenvalue weighted by molar-refractivity contribution is 8.18. The van der Waals surface area contributed by atoms with E-state index in [-0.39, 0.29) is 5.91 Å². The van der Waals surface area contributed by atoms with Crippen LogP contribution >= 0.6 is 11.8 Å². The van der Waals surface area contributed by atoms with Gasteiger partial charge in [-0.2, -0.15) is 10.1 Å². The number of ether oxygens (including phenoxy) is 1. The largest absolute Gasteiger partial charge is 0.494 e. The number of rotatable bonds is 5. The molecule has 0 bridgehead atoms. The van der Waals surface area contributed by atoms with Crippen LogP contribution in [0.4, 0.5) is 0 Å². The zero-order valence-corrected chi connectivity index (χ0v) is 20.3. The third-order valence-electron chi connectivity index (χ3n) is 6.05. The predicted molar refractivity (Wildman–Crippen MR) is 138 cm³/mol. The van der Waals surface area contributed by atoms with Crippen molar-refractivity contribution in [3.05, 3.63) is 70.8 Å². The quantitative estimate of drug-likeness (QED) is 0.446. The molecule has 6 nitrogen and oxygen atoms in total. The Morgan fingerprint density at radius 3 is 2.62 bits per heavy atom. The number of carbonyl (C=O) groups excluding carboxylic acids is 1.